The second-order valence-corrected chi connectivity index (χ2v) is 4.80. The molecule has 15 heavy (non-hydrogen) atoms. The summed E-state index contributed by atoms with van der Waals surface area (Å²) in [6.45, 7) is 0.802. The first kappa shape index (κ1) is 10.9. The standard InChI is InChI=1S/C11H19N2O2/c12-9(11(14)15)5-7-6-13-10-4-2-1-3-8(7)10/h7-10H,1-6,12H2,(H,14,15)/p-1. The topological polar surface area (TPSA) is 80.2 Å². The van der Waals surface area contributed by atoms with E-state index in [9.17, 15) is 9.90 Å². The lowest BCUT2D eigenvalue weighted by molar-refractivity contribution is -0.307. The molecule has 4 heteroatoms. The highest BCUT2D eigenvalue weighted by atomic mass is 16.4. The molecule has 2 N–H and O–H groups in total. The van der Waals surface area contributed by atoms with Gasteiger partial charge in [0.15, 0.2) is 0 Å². The SMILES string of the molecule is NC(CC1C[N]C2CCCCC12)C(=O)[O-]. The molecular formula is C11H18N2O2-. The largest absolute Gasteiger partial charge is 0.548 e. The van der Waals surface area contributed by atoms with E-state index in [1.54, 1.807) is 0 Å². The Morgan fingerprint density at radius 1 is 1.47 bits per heavy atom. The Morgan fingerprint density at radius 2 is 2.20 bits per heavy atom. The van der Waals surface area contributed by atoms with E-state index in [-0.39, 0.29) is 0 Å². The molecule has 0 bridgehead atoms. The van der Waals surface area contributed by atoms with E-state index < -0.39 is 12.0 Å². The van der Waals surface area contributed by atoms with Crippen LogP contribution in [0.2, 0.25) is 0 Å². The Hall–Kier alpha value is -0.610. The molecule has 1 aliphatic heterocycles. The number of nitrogens with zero attached hydrogens (tertiary/aromatic N) is 1. The van der Waals surface area contributed by atoms with E-state index in [1.807, 2.05) is 0 Å². The molecule has 0 spiro atoms. The second kappa shape index (κ2) is 4.49. The molecule has 2 fully saturated rings. The van der Waals surface area contributed by atoms with Gasteiger partial charge in [0.25, 0.3) is 0 Å². The lowest BCUT2D eigenvalue weighted by atomic mass is 9.78. The quantitative estimate of drug-likeness (QED) is 0.665. The van der Waals surface area contributed by atoms with Gasteiger partial charge in [0.05, 0.1) is 5.97 Å². The predicted octanol–water partition coefficient (Wildman–Crippen LogP) is -0.753. The van der Waals surface area contributed by atoms with E-state index in [2.05, 4.69) is 5.32 Å². The van der Waals surface area contributed by atoms with Crippen molar-refractivity contribution in [2.45, 2.75) is 44.2 Å². The van der Waals surface area contributed by atoms with Crippen LogP contribution in [-0.4, -0.2) is 24.6 Å². The minimum Gasteiger partial charge on any atom is -0.548 e. The molecular weight excluding hydrogens is 192 g/mol. The molecule has 1 saturated carbocycles. The Labute approximate surface area is 90.2 Å². The van der Waals surface area contributed by atoms with Crippen LogP contribution in [0.25, 0.3) is 0 Å². The molecule has 1 saturated heterocycles. The summed E-state index contributed by atoms with van der Waals surface area (Å²) in [4.78, 5) is 10.6. The van der Waals surface area contributed by atoms with Gasteiger partial charge in [-0.2, -0.15) is 0 Å². The van der Waals surface area contributed by atoms with Crippen molar-refractivity contribution in [1.82, 2.24) is 5.32 Å². The van der Waals surface area contributed by atoms with Crippen LogP contribution in [0.5, 0.6) is 0 Å². The molecule has 4 nitrogen and oxygen atoms in total. The third-order valence-electron chi connectivity index (χ3n) is 3.82. The van der Waals surface area contributed by atoms with E-state index >= 15 is 0 Å². The fourth-order valence-corrected chi connectivity index (χ4v) is 2.99. The number of fused-ring (bicyclic) bond motifs is 1. The molecule has 0 aromatic heterocycles. The molecule has 0 aromatic carbocycles. The van der Waals surface area contributed by atoms with Crippen molar-refractivity contribution in [2.75, 3.05) is 6.54 Å². The Balaban J connectivity index is 1.90. The van der Waals surface area contributed by atoms with E-state index in [4.69, 9.17) is 5.73 Å². The van der Waals surface area contributed by atoms with Crippen LogP contribution in [0.15, 0.2) is 0 Å². The molecule has 2 rings (SSSR count). The summed E-state index contributed by atoms with van der Waals surface area (Å²) in [6.07, 6.45) is 5.44. The van der Waals surface area contributed by atoms with E-state index in [0.29, 0.717) is 24.3 Å². The zero-order chi connectivity index (χ0) is 10.8. The van der Waals surface area contributed by atoms with Gasteiger partial charge in [0, 0.05) is 18.6 Å². The lowest BCUT2D eigenvalue weighted by Gasteiger charge is -2.29. The monoisotopic (exact) mass is 210 g/mol. The Morgan fingerprint density at radius 3 is 2.93 bits per heavy atom. The molecule has 1 aliphatic carbocycles. The van der Waals surface area contributed by atoms with Gasteiger partial charge in [-0.25, -0.2) is 5.32 Å². The smallest absolute Gasteiger partial charge is 0.0582 e. The predicted molar refractivity (Wildman–Crippen MR) is 53.8 cm³/mol. The maximum Gasteiger partial charge on any atom is 0.0582 e. The van der Waals surface area contributed by atoms with Crippen molar-refractivity contribution in [2.24, 2.45) is 17.6 Å². The van der Waals surface area contributed by atoms with Gasteiger partial charge in [-0.15, -0.1) is 0 Å². The van der Waals surface area contributed by atoms with Gasteiger partial charge >= 0.3 is 0 Å². The first-order chi connectivity index (χ1) is 7.18. The Kier molecular flexibility index (Phi) is 3.26. The highest BCUT2D eigenvalue weighted by Crippen LogP contribution is 2.37. The fourth-order valence-electron chi connectivity index (χ4n) is 2.99. The average Bonchev–Trinajstić information content (AvgIpc) is 2.62. The number of carboxylic acid groups (broad SMARTS) is 1. The number of aliphatic carboxylic acids is 1. The number of carboxylic acids is 1. The number of carbonyl (C=O) groups is 1. The van der Waals surface area contributed by atoms with Gasteiger partial charge < -0.3 is 15.6 Å². The van der Waals surface area contributed by atoms with Crippen LogP contribution >= 0.6 is 0 Å². The van der Waals surface area contributed by atoms with Gasteiger partial charge in [-0.05, 0) is 31.1 Å². The van der Waals surface area contributed by atoms with Gasteiger partial charge in [0.2, 0.25) is 0 Å². The van der Waals surface area contributed by atoms with Crippen LogP contribution in [-0.2, 0) is 4.79 Å². The van der Waals surface area contributed by atoms with E-state index in [1.165, 1.54) is 25.7 Å². The highest BCUT2D eigenvalue weighted by molar-refractivity contribution is 5.70. The highest BCUT2D eigenvalue weighted by Gasteiger charge is 2.38. The summed E-state index contributed by atoms with van der Waals surface area (Å²) in [7, 11) is 0. The molecule has 4 atom stereocenters. The average molecular weight is 210 g/mol. The van der Waals surface area contributed by atoms with E-state index in [0.717, 1.165) is 6.54 Å². The summed E-state index contributed by atoms with van der Waals surface area (Å²) in [5.74, 6) is -0.165. The molecule has 85 valence electrons. The van der Waals surface area contributed by atoms with Gasteiger partial charge in [0.1, 0.15) is 0 Å². The number of hydrogen-bond acceptors (Lipinski definition) is 3. The second-order valence-electron chi connectivity index (χ2n) is 4.80. The summed E-state index contributed by atoms with van der Waals surface area (Å²) in [5.41, 5.74) is 5.51. The maximum atomic E-state index is 10.6. The zero-order valence-electron chi connectivity index (χ0n) is 8.89. The van der Waals surface area contributed by atoms with Crippen LogP contribution in [0.1, 0.15) is 32.1 Å². The maximum absolute atomic E-state index is 10.6. The van der Waals surface area contributed by atoms with Crippen molar-refractivity contribution in [1.29, 1.82) is 0 Å². The van der Waals surface area contributed by atoms with Crippen LogP contribution in [0, 0.1) is 11.8 Å². The summed E-state index contributed by atoms with van der Waals surface area (Å²) < 4.78 is 0. The van der Waals surface area contributed by atoms with Crippen LogP contribution in [0.3, 0.4) is 0 Å². The van der Waals surface area contributed by atoms with Crippen molar-refractivity contribution in [3.05, 3.63) is 0 Å². The van der Waals surface area contributed by atoms with Crippen molar-refractivity contribution in [3.63, 3.8) is 0 Å². The van der Waals surface area contributed by atoms with Gasteiger partial charge in [-0.1, -0.05) is 12.8 Å². The molecule has 0 aromatic rings. The molecule has 4 unspecified atom stereocenters. The zero-order valence-corrected chi connectivity index (χ0v) is 8.89. The summed E-state index contributed by atoms with van der Waals surface area (Å²) >= 11 is 0. The number of carbonyl (C=O) groups excluding carboxylic acids is 1. The molecule has 1 heterocycles. The third-order valence-corrected chi connectivity index (χ3v) is 3.82. The lowest BCUT2D eigenvalue weighted by Crippen LogP contribution is -2.44. The summed E-state index contributed by atoms with van der Waals surface area (Å²) in [6, 6.07) is -0.330. The van der Waals surface area contributed by atoms with Gasteiger partial charge in [-0.3, -0.25) is 0 Å². The van der Waals surface area contributed by atoms with Crippen LogP contribution in [0.4, 0.5) is 0 Å². The van der Waals surface area contributed by atoms with Crippen molar-refractivity contribution < 1.29 is 9.90 Å². The molecule has 1 radical (unpaired) electrons. The Bertz CT molecular complexity index is 245. The number of rotatable bonds is 3. The first-order valence-corrected chi connectivity index (χ1v) is 5.81. The molecule has 0 amide bonds. The van der Waals surface area contributed by atoms with Crippen molar-refractivity contribution >= 4 is 5.97 Å². The fraction of sp³-hybridized carbons (Fsp3) is 0.909. The summed E-state index contributed by atoms with van der Waals surface area (Å²) in [5, 5.41) is 15.2. The number of hydrogen-bond donors (Lipinski definition) is 1. The molecule has 2 aliphatic rings. The third kappa shape index (κ3) is 2.32. The first-order valence-electron chi connectivity index (χ1n) is 5.81. The normalized spacial score (nSPS) is 37.3. The minimum absolute atomic E-state index is 0.378. The number of nitrogens with two attached hydrogens (primary N) is 1. The van der Waals surface area contributed by atoms with Crippen LogP contribution < -0.4 is 16.2 Å². The minimum atomic E-state index is -1.13. The van der Waals surface area contributed by atoms with Crippen molar-refractivity contribution in [3.8, 4) is 0 Å².